The van der Waals surface area contributed by atoms with Gasteiger partial charge in [0.05, 0.1) is 5.52 Å². The molecular weight excluding hydrogens is 234 g/mol. The zero-order valence-corrected chi connectivity index (χ0v) is 9.30. The number of furan rings is 1. The van der Waals surface area contributed by atoms with Crippen molar-refractivity contribution in [1.82, 2.24) is 4.98 Å². The Morgan fingerprint density at radius 2 is 2.06 bits per heavy atom. The molecule has 3 rings (SSSR count). The second-order valence-electron chi connectivity index (χ2n) is 3.94. The van der Waals surface area contributed by atoms with Crippen molar-refractivity contribution in [3.63, 3.8) is 0 Å². The summed E-state index contributed by atoms with van der Waals surface area (Å²) in [7, 11) is 0. The Hall–Kier alpha value is -2.56. The number of benzene rings is 1. The van der Waals surface area contributed by atoms with Crippen molar-refractivity contribution in [1.29, 1.82) is 0 Å². The fourth-order valence-electron chi connectivity index (χ4n) is 1.85. The van der Waals surface area contributed by atoms with Crippen LogP contribution in [-0.2, 0) is 6.42 Å². The lowest BCUT2D eigenvalue weighted by atomic mass is 10.1. The van der Waals surface area contributed by atoms with E-state index in [0.717, 1.165) is 5.56 Å². The number of aromatic nitrogens is 1. The van der Waals surface area contributed by atoms with Crippen molar-refractivity contribution < 1.29 is 13.6 Å². The van der Waals surface area contributed by atoms with Crippen LogP contribution in [0.15, 0.2) is 44.0 Å². The van der Waals surface area contributed by atoms with Crippen LogP contribution >= 0.6 is 0 Å². The minimum absolute atomic E-state index is 0.305. The summed E-state index contributed by atoms with van der Waals surface area (Å²) >= 11 is 0. The van der Waals surface area contributed by atoms with Crippen molar-refractivity contribution in [3.05, 3.63) is 58.0 Å². The molecule has 0 amide bonds. The molecule has 0 spiro atoms. The number of carbonyl (C=O) groups excluding carboxylic acids is 1. The molecule has 1 aromatic carbocycles. The summed E-state index contributed by atoms with van der Waals surface area (Å²) in [6.45, 7) is 0. The monoisotopic (exact) mass is 243 g/mol. The van der Waals surface area contributed by atoms with Gasteiger partial charge in [-0.05, 0) is 29.8 Å². The average molecular weight is 243 g/mol. The number of oxazole rings is 1. The SMILES string of the molecule is O=Cc1ccc(Cc2ccc3[nH]c(=O)oc3c2)o1. The van der Waals surface area contributed by atoms with Crippen LogP contribution in [0.4, 0.5) is 0 Å². The highest BCUT2D eigenvalue weighted by molar-refractivity contribution is 5.73. The maximum Gasteiger partial charge on any atom is 0.417 e. The minimum Gasteiger partial charge on any atom is -0.458 e. The third kappa shape index (κ3) is 1.86. The van der Waals surface area contributed by atoms with Gasteiger partial charge in [-0.3, -0.25) is 9.78 Å². The van der Waals surface area contributed by atoms with E-state index in [2.05, 4.69) is 4.98 Å². The lowest BCUT2D eigenvalue weighted by Crippen LogP contribution is -1.92. The molecule has 0 radical (unpaired) electrons. The molecule has 18 heavy (non-hydrogen) atoms. The number of aromatic amines is 1. The lowest BCUT2D eigenvalue weighted by Gasteiger charge is -1.97. The Bertz CT molecular complexity index is 762. The zero-order chi connectivity index (χ0) is 12.5. The van der Waals surface area contributed by atoms with Crippen LogP contribution in [0.3, 0.4) is 0 Å². The first-order valence-corrected chi connectivity index (χ1v) is 5.40. The van der Waals surface area contributed by atoms with E-state index in [-0.39, 0.29) is 0 Å². The molecule has 0 aliphatic heterocycles. The molecule has 5 heteroatoms. The van der Waals surface area contributed by atoms with Crippen LogP contribution in [-0.4, -0.2) is 11.3 Å². The van der Waals surface area contributed by atoms with E-state index in [1.54, 1.807) is 24.3 Å². The molecule has 0 aliphatic carbocycles. The molecule has 0 atom stereocenters. The first-order chi connectivity index (χ1) is 8.74. The fourth-order valence-corrected chi connectivity index (χ4v) is 1.85. The number of H-pyrrole nitrogens is 1. The molecule has 2 aromatic heterocycles. The smallest absolute Gasteiger partial charge is 0.417 e. The van der Waals surface area contributed by atoms with Gasteiger partial charge in [-0.2, -0.15) is 0 Å². The fraction of sp³-hybridized carbons (Fsp3) is 0.0769. The second kappa shape index (κ2) is 4.03. The Labute approximate surface area is 101 Å². The number of hydrogen-bond donors (Lipinski definition) is 1. The van der Waals surface area contributed by atoms with Crippen LogP contribution in [0.5, 0.6) is 0 Å². The van der Waals surface area contributed by atoms with E-state index in [1.165, 1.54) is 0 Å². The molecule has 90 valence electrons. The zero-order valence-electron chi connectivity index (χ0n) is 9.30. The highest BCUT2D eigenvalue weighted by Crippen LogP contribution is 2.16. The van der Waals surface area contributed by atoms with Crippen LogP contribution < -0.4 is 5.76 Å². The molecule has 0 aliphatic rings. The summed E-state index contributed by atoms with van der Waals surface area (Å²) < 4.78 is 10.3. The minimum atomic E-state index is -0.469. The van der Waals surface area contributed by atoms with Gasteiger partial charge >= 0.3 is 5.76 Å². The summed E-state index contributed by atoms with van der Waals surface area (Å²) in [6, 6.07) is 8.80. The Balaban J connectivity index is 1.94. The summed E-state index contributed by atoms with van der Waals surface area (Å²) in [5.41, 5.74) is 2.12. The van der Waals surface area contributed by atoms with Gasteiger partial charge in [-0.25, -0.2) is 4.79 Å². The molecule has 0 bridgehead atoms. The van der Waals surface area contributed by atoms with Crippen molar-refractivity contribution in [2.75, 3.05) is 0 Å². The summed E-state index contributed by atoms with van der Waals surface area (Å²) in [4.78, 5) is 24.1. The van der Waals surface area contributed by atoms with E-state index in [0.29, 0.717) is 35.3 Å². The van der Waals surface area contributed by atoms with Gasteiger partial charge < -0.3 is 8.83 Å². The summed E-state index contributed by atoms with van der Waals surface area (Å²) in [5.74, 6) is 0.525. The predicted molar refractivity (Wildman–Crippen MR) is 63.7 cm³/mol. The highest BCUT2D eigenvalue weighted by Gasteiger charge is 2.05. The Kier molecular flexibility index (Phi) is 2.37. The number of nitrogens with one attached hydrogen (secondary N) is 1. The second-order valence-corrected chi connectivity index (χ2v) is 3.94. The predicted octanol–water partition coefficient (Wildman–Crippen LogP) is 2.12. The molecule has 0 saturated carbocycles. The van der Waals surface area contributed by atoms with Crippen molar-refractivity contribution >= 4 is 17.4 Å². The molecular formula is C13H9NO4. The average Bonchev–Trinajstić information content (AvgIpc) is 2.94. The van der Waals surface area contributed by atoms with Crippen LogP contribution in [0.1, 0.15) is 21.9 Å². The molecule has 0 fully saturated rings. The van der Waals surface area contributed by atoms with E-state index < -0.39 is 5.76 Å². The Morgan fingerprint density at radius 3 is 2.83 bits per heavy atom. The van der Waals surface area contributed by atoms with E-state index >= 15 is 0 Å². The van der Waals surface area contributed by atoms with Crippen molar-refractivity contribution in [2.45, 2.75) is 6.42 Å². The quantitative estimate of drug-likeness (QED) is 0.715. The molecule has 0 saturated heterocycles. The number of rotatable bonds is 3. The number of hydrogen-bond acceptors (Lipinski definition) is 4. The van der Waals surface area contributed by atoms with Crippen LogP contribution in [0.2, 0.25) is 0 Å². The highest BCUT2D eigenvalue weighted by atomic mass is 16.4. The third-order valence-electron chi connectivity index (χ3n) is 2.66. The number of carbonyl (C=O) groups is 1. The summed E-state index contributed by atoms with van der Waals surface area (Å²) in [6.07, 6.45) is 1.20. The van der Waals surface area contributed by atoms with E-state index in [4.69, 9.17) is 8.83 Å². The summed E-state index contributed by atoms with van der Waals surface area (Å²) in [5, 5.41) is 0. The van der Waals surface area contributed by atoms with Crippen molar-refractivity contribution in [2.24, 2.45) is 0 Å². The van der Waals surface area contributed by atoms with Gasteiger partial charge in [0.15, 0.2) is 17.6 Å². The normalized spacial score (nSPS) is 10.9. The van der Waals surface area contributed by atoms with Crippen molar-refractivity contribution in [3.8, 4) is 0 Å². The molecule has 3 aromatic rings. The first kappa shape index (κ1) is 10.6. The molecule has 2 heterocycles. The standard InChI is InChI=1S/C13H9NO4/c15-7-10-3-2-9(17-10)5-8-1-4-11-12(6-8)18-13(16)14-11/h1-4,6-7H,5H2,(H,14,16). The van der Waals surface area contributed by atoms with E-state index in [9.17, 15) is 9.59 Å². The number of aldehydes is 1. The topological polar surface area (TPSA) is 76.2 Å². The maximum absolute atomic E-state index is 11.0. The Morgan fingerprint density at radius 1 is 1.17 bits per heavy atom. The van der Waals surface area contributed by atoms with Crippen LogP contribution in [0, 0.1) is 0 Å². The third-order valence-corrected chi connectivity index (χ3v) is 2.66. The van der Waals surface area contributed by atoms with E-state index in [1.807, 2.05) is 6.07 Å². The maximum atomic E-state index is 11.0. The number of fused-ring (bicyclic) bond motifs is 1. The van der Waals surface area contributed by atoms with Gasteiger partial charge in [0.2, 0.25) is 0 Å². The van der Waals surface area contributed by atoms with Crippen LogP contribution in [0.25, 0.3) is 11.1 Å². The largest absolute Gasteiger partial charge is 0.458 e. The molecule has 0 unspecified atom stereocenters. The molecule has 1 N–H and O–H groups in total. The van der Waals surface area contributed by atoms with Gasteiger partial charge in [0.25, 0.3) is 0 Å². The van der Waals surface area contributed by atoms with Gasteiger partial charge in [-0.1, -0.05) is 6.07 Å². The first-order valence-electron chi connectivity index (χ1n) is 5.40. The molecule has 5 nitrogen and oxygen atoms in total. The lowest BCUT2D eigenvalue weighted by molar-refractivity contribution is 0.109. The van der Waals surface area contributed by atoms with Gasteiger partial charge in [0.1, 0.15) is 5.76 Å². The van der Waals surface area contributed by atoms with Gasteiger partial charge in [0, 0.05) is 6.42 Å². The van der Waals surface area contributed by atoms with Gasteiger partial charge in [-0.15, -0.1) is 0 Å².